The van der Waals surface area contributed by atoms with Crippen LogP contribution in [0.25, 0.3) is 0 Å². The molecule has 0 aliphatic rings. The molecule has 6 nitrogen and oxygen atoms in total. The Bertz CT molecular complexity index is 893. The molecule has 2 atom stereocenters. The summed E-state index contributed by atoms with van der Waals surface area (Å²) < 4.78 is 5.46. The zero-order valence-corrected chi connectivity index (χ0v) is 40.5. The molecule has 3 N–H and O–H groups in total. The number of amides is 1. The van der Waals surface area contributed by atoms with Crippen molar-refractivity contribution in [1.82, 2.24) is 5.32 Å². The molecule has 0 saturated carbocycles. The molecule has 0 rings (SSSR count). The van der Waals surface area contributed by atoms with Gasteiger partial charge in [0.25, 0.3) is 0 Å². The Kier molecular flexibility index (Phi) is 49.1. The average molecular weight is 848 g/mol. The largest absolute Gasteiger partial charge is 0.466 e. The first kappa shape index (κ1) is 58.6. The zero-order chi connectivity index (χ0) is 43.7. The fraction of sp³-hybridized carbons (Fsp3) is 0.926. The number of nitrogens with one attached hydrogen (secondary N) is 1. The van der Waals surface area contributed by atoms with Gasteiger partial charge in [-0.2, -0.15) is 0 Å². The van der Waals surface area contributed by atoms with Gasteiger partial charge in [0.1, 0.15) is 0 Å². The van der Waals surface area contributed by atoms with Crippen LogP contribution in [0, 0.1) is 0 Å². The van der Waals surface area contributed by atoms with E-state index < -0.39 is 12.1 Å². The maximum atomic E-state index is 12.4. The maximum absolute atomic E-state index is 12.4. The van der Waals surface area contributed by atoms with Crippen molar-refractivity contribution in [2.75, 3.05) is 13.2 Å². The van der Waals surface area contributed by atoms with Crippen LogP contribution >= 0.6 is 0 Å². The van der Waals surface area contributed by atoms with Gasteiger partial charge in [0.15, 0.2) is 0 Å². The third-order valence-electron chi connectivity index (χ3n) is 12.6. The molecule has 60 heavy (non-hydrogen) atoms. The van der Waals surface area contributed by atoms with Crippen molar-refractivity contribution in [2.24, 2.45) is 0 Å². The molecule has 0 aliphatic carbocycles. The topological polar surface area (TPSA) is 95.9 Å². The van der Waals surface area contributed by atoms with Gasteiger partial charge in [0.2, 0.25) is 5.91 Å². The van der Waals surface area contributed by atoms with E-state index in [1.165, 1.54) is 212 Å². The summed E-state index contributed by atoms with van der Waals surface area (Å²) in [5, 5.41) is 23.1. The van der Waals surface area contributed by atoms with E-state index in [0.29, 0.717) is 19.4 Å². The van der Waals surface area contributed by atoms with Crippen molar-refractivity contribution >= 4 is 11.9 Å². The molecule has 0 aliphatic heterocycles. The van der Waals surface area contributed by atoms with E-state index in [-0.39, 0.29) is 18.5 Å². The average Bonchev–Trinajstić information content (AvgIpc) is 3.25. The number of hydrogen-bond donors (Lipinski definition) is 3. The van der Waals surface area contributed by atoms with Gasteiger partial charge in [0, 0.05) is 12.8 Å². The van der Waals surface area contributed by atoms with Crippen molar-refractivity contribution in [3.63, 3.8) is 0 Å². The highest BCUT2D eigenvalue weighted by Crippen LogP contribution is 2.17. The zero-order valence-electron chi connectivity index (χ0n) is 40.5. The highest BCUT2D eigenvalue weighted by Gasteiger charge is 2.18. The third-order valence-corrected chi connectivity index (χ3v) is 12.6. The fourth-order valence-corrected chi connectivity index (χ4v) is 8.40. The summed E-state index contributed by atoms with van der Waals surface area (Å²) in [4.78, 5) is 24.4. The molecule has 0 radical (unpaired) electrons. The molecular formula is C54H105NO5. The molecule has 356 valence electrons. The number of carbonyl (C=O) groups is 2. The molecule has 2 unspecified atom stereocenters. The van der Waals surface area contributed by atoms with Gasteiger partial charge in [-0.25, -0.2) is 0 Å². The summed E-state index contributed by atoms with van der Waals surface area (Å²) in [5.41, 5.74) is 0. The number of aliphatic hydroxyl groups excluding tert-OH is 2. The molecule has 0 bridgehead atoms. The van der Waals surface area contributed by atoms with Gasteiger partial charge in [-0.05, 0) is 32.1 Å². The Morgan fingerprint density at radius 1 is 0.450 bits per heavy atom. The van der Waals surface area contributed by atoms with E-state index >= 15 is 0 Å². The predicted octanol–water partition coefficient (Wildman–Crippen LogP) is 16.1. The van der Waals surface area contributed by atoms with Crippen LogP contribution in [-0.2, 0) is 14.3 Å². The van der Waals surface area contributed by atoms with Gasteiger partial charge in [-0.1, -0.05) is 264 Å². The first-order valence-corrected chi connectivity index (χ1v) is 27.0. The lowest BCUT2D eigenvalue weighted by molar-refractivity contribution is -0.143. The summed E-state index contributed by atoms with van der Waals surface area (Å²) in [5.74, 6) is -0.0787. The summed E-state index contributed by atoms with van der Waals surface area (Å²) in [6.07, 6.45) is 57.8. The van der Waals surface area contributed by atoms with Crippen LogP contribution in [0.3, 0.4) is 0 Å². The van der Waals surface area contributed by atoms with Crippen LogP contribution in [0.5, 0.6) is 0 Å². The van der Waals surface area contributed by atoms with E-state index in [1.54, 1.807) is 6.08 Å². The van der Waals surface area contributed by atoms with Crippen molar-refractivity contribution < 1.29 is 24.5 Å². The van der Waals surface area contributed by atoms with E-state index in [4.69, 9.17) is 4.74 Å². The minimum atomic E-state index is -0.850. The number of ether oxygens (including phenoxy) is 1. The Labute approximate surface area is 374 Å². The molecule has 0 aromatic heterocycles. The SMILES string of the molecule is CCCCCCCCCCCCCCCCC/C=C/C(O)C(CO)NC(=O)CCCCCCCCCCCCCCCCOC(=O)CCCCCCCCCCCCCC. The van der Waals surface area contributed by atoms with Crippen molar-refractivity contribution in [3.8, 4) is 0 Å². The first-order chi connectivity index (χ1) is 29.5. The molecule has 1 amide bonds. The number of esters is 1. The Hall–Kier alpha value is -1.40. The standard InChI is InChI=1S/C54H105NO5/c1-3-5-7-9-11-13-15-17-18-19-20-23-26-30-34-38-42-46-52(57)51(50-56)55-53(58)47-43-39-35-31-27-24-21-22-25-29-33-37-41-45-49-60-54(59)48-44-40-36-32-28-16-14-12-10-8-6-4-2/h42,46,51-52,56-57H,3-41,43-45,47-50H2,1-2H3,(H,55,58)/b46-42+. The van der Waals surface area contributed by atoms with Crippen LogP contribution in [0.1, 0.15) is 296 Å². The van der Waals surface area contributed by atoms with Gasteiger partial charge in [0.05, 0.1) is 25.4 Å². The van der Waals surface area contributed by atoms with Crippen LogP contribution in [0.2, 0.25) is 0 Å². The normalized spacial score (nSPS) is 12.7. The second-order valence-corrected chi connectivity index (χ2v) is 18.6. The Morgan fingerprint density at radius 3 is 1.13 bits per heavy atom. The smallest absolute Gasteiger partial charge is 0.305 e. The first-order valence-electron chi connectivity index (χ1n) is 27.0. The van der Waals surface area contributed by atoms with Crippen molar-refractivity contribution in [2.45, 2.75) is 309 Å². The number of unbranched alkanes of at least 4 members (excludes halogenated alkanes) is 39. The number of carbonyl (C=O) groups excluding carboxylic acids is 2. The van der Waals surface area contributed by atoms with Crippen molar-refractivity contribution in [1.29, 1.82) is 0 Å². The molecule has 6 heteroatoms. The fourth-order valence-electron chi connectivity index (χ4n) is 8.40. The lowest BCUT2D eigenvalue weighted by Gasteiger charge is -2.20. The summed E-state index contributed by atoms with van der Waals surface area (Å²) in [6.45, 7) is 4.89. The quantitative estimate of drug-likeness (QED) is 0.0322. The van der Waals surface area contributed by atoms with Crippen LogP contribution in [-0.4, -0.2) is 47.4 Å². The number of aliphatic hydroxyl groups is 2. The number of hydrogen-bond acceptors (Lipinski definition) is 5. The predicted molar refractivity (Wildman–Crippen MR) is 260 cm³/mol. The second-order valence-electron chi connectivity index (χ2n) is 18.6. The second kappa shape index (κ2) is 50.2. The molecule has 0 fully saturated rings. The summed E-state index contributed by atoms with van der Waals surface area (Å²) >= 11 is 0. The van der Waals surface area contributed by atoms with Crippen molar-refractivity contribution in [3.05, 3.63) is 12.2 Å². The van der Waals surface area contributed by atoms with Gasteiger partial charge >= 0.3 is 5.97 Å². The lowest BCUT2D eigenvalue weighted by atomic mass is 10.0. The van der Waals surface area contributed by atoms with E-state index in [0.717, 1.165) is 57.8 Å². The molecule has 0 aromatic carbocycles. The minimum Gasteiger partial charge on any atom is -0.466 e. The van der Waals surface area contributed by atoms with E-state index in [1.807, 2.05) is 6.08 Å². The summed E-state index contributed by atoms with van der Waals surface area (Å²) in [7, 11) is 0. The molecular weight excluding hydrogens is 743 g/mol. The molecule has 0 spiro atoms. The van der Waals surface area contributed by atoms with Crippen LogP contribution in [0.4, 0.5) is 0 Å². The van der Waals surface area contributed by atoms with Crippen LogP contribution in [0.15, 0.2) is 12.2 Å². The number of rotatable bonds is 50. The Balaban J connectivity index is 3.48. The molecule has 0 heterocycles. The maximum Gasteiger partial charge on any atom is 0.305 e. The summed E-state index contributed by atoms with van der Waals surface area (Å²) in [6, 6.07) is -0.634. The molecule has 0 saturated heterocycles. The van der Waals surface area contributed by atoms with Crippen LogP contribution < -0.4 is 5.32 Å². The lowest BCUT2D eigenvalue weighted by Crippen LogP contribution is -2.45. The highest BCUT2D eigenvalue weighted by atomic mass is 16.5. The third kappa shape index (κ3) is 46.1. The van der Waals surface area contributed by atoms with E-state index in [2.05, 4.69) is 19.2 Å². The Morgan fingerprint density at radius 2 is 0.767 bits per heavy atom. The van der Waals surface area contributed by atoms with Gasteiger partial charge in [-0.15, -0.1) is 0 Å². The van der Waals surface area contributed by atoms with E-state index in [9.17, 15) is 19.8 Å². The monoisotopic (exact) mass is 848 g/mol. The van der Waals surface area contributed by atoms with Gasteiger partial charge < -0.3 is 20.3 Å². The highest BCUT2D eigenvalue weighted by molar-refractivity contribution is 5.76. The minimum absolute atomic E-state index is 0.00240. The number of allylic oxidation sites excluding steroid dienone is 1. The van der Waals surface area contributed by atoms with Gasteiger partial charge in [-0.3, -0.25) is 9.59 Å². The molecule has 0 aromatic rings.